The van der Waals surface area contributed by atoms with Crippen LogP contribution in [-0.4, -0.2) is 29.7 Å². The Bertz CT molecular complexity index is 1530. The minimum atomic E-state index is -0.427. The Balaban J connectivity index is 1.44. The number of aromatic nitrogens is 1. The maximum atomic E-state index is 13.1. The van der Waals surface area contributed by atoms with Crippen LogP contribution in [0.2, 0.25) is 0 Å². The van der Waals surface area contributed by atoms with Gasteiger partial charge in [-0.25, -0.2) is 9.78 Å². The Labute approximate surface area is 229 Å². The van der Waals surface area contributed by atoms with E-state index in [2.05, 4.69) is 11.4 Å². The maximum absolute atomic E-state index is 13.1. The number of nitrogens with one attached hydrogen (secondary N) is 1. The van der Waals surface area contributed by atoms with Crippen molar-refractivity contribution in [2.45, 2.75) is 30.7 Å². The standard InChI is InChI=1S/C30H25N3O3S2/c1-36-30(35)27-21-14-8-9-15-25(21)38-29(27)33-26(34)18-37-28-23(17-31)22(19-10-4-2-5-11-19)16-24(32-28)20-12-6-3-7-13-20/h2-7,10-13,16H,8-9,14-15,18H2,1H3,(H,33,34). The Morgan fingerprint density at radius 2 is 1.74 bits per heavy atom. The lowest BCUT2D eigenvalue weighted by Crippen LogP contribution is -2.16. The van der Waals surface area contributed by atoms with E-state index in [1.165, 1.54) is 30.2 Å². The van der Waals surface area contributed by atoms with Crippen molar-refractivity contribution in [3.8, 4) is 28.5 Å². The molecule has 5 rings (SSSR count). The first-order chi connectivity index (χ1) is 18.6. The van der Waals surface area contributed by atoms with Crippen LogP contribution in [0.25, 0.3) is 22.4 Å². The van der Waals surface area contributed by atoms with Crippen LogP contribution in [0.1, 0.15) is 39.2 Å². The second kappa shape index (κ2) is 11.6. The number of nitrogens with zero attached hydrogens (tertiary/aromatic N) is 2. The molecular weight excluding hydrogens is 514 g/mol. The summed E-state index contributed by atoms with van der Waals surface area (Å²) in [5.41, 5.74) is 5.21. The zero-order chi connectivity index (χ0) is 26.5. The molecule has 1 aliphatic rings. The molecule has 0 radical (unpaired) electrons. The van der Waals surface area contributed by atoms with Gasteiger partial charge in [0.15, 0.2) is 0 Å². The van der Waals surface area contributed by atoms with E-state index in [-0.39, 0.29) is 11.7 Å². The van der Waals surface area contributed by atoms with Crippen molar-refractivity contribution < 1.29 is 14.3 Å². The number of hydrogen-bond acceptors (Lipinski definition) is 7. The fourth-order valence-corrected chi connectivity index (χ4v) is 6.70. The molecule has 0 fully saturated rings. The first-order valence-corrected chi connectivity index (χ1v) is 14.1. The van der Waals surface area contributed by atoms with Gasteiger partial charge in [-0.3, -0.25) is 4.79 Å². The van der Waals surface area contributed by atoms with Gasteiger partial charge in [-0.05, 0) is 42.9 Å². The third-order valence-corrected chi connectivity index (χ3v) is 8.59. The number of aryl methyl sites for hydroxylation is 1. The van der Waals surface area contributed by atoms with E-state index in [0.29, 0.717) is 21.2 Å². The number of rotatable bonds is 7. The molecule has 0 saturated carbocycles. The number of esters is 1. The predicted octanol–water partition coefficient (Wildman–Crippen LogP) is 6.74. The molecule has 0 saturated heterocycles. The molecule has 1 aliphatic carbocycles. The molecule has 38 heavy (non-hydrogen) atoms. The molecule has 1 amide bonds. The SMILES string of the molecule is COC(=O)c1c(NC(=O)CSc2nc(-c3ccccc3)cc(-c3ccccc3)c2C#N)sc2c1CCCC2. The molecule has 8 heteroatoms. The van der Waals surface area contributed by atoms with Crippen molar-refractivity contribution in [1.82, 2.24) is 4.98 Å². The number of ether oxygens (including phenoxy) is 1. The molecule has 0 atom stereocenters. The first kappa shape index (κ1) is 25.7. The van der Waals surface area contributed by atoms with Crippen LogP contribution in [0.4, 0.5) is 5.00 Å². The summed E-state index contributed by atoms with van der Waals surface area (Å²) >= 11 is 2.67. The van der Waals surface area contributed by atoms with E-state index >= 15 is 0 Å². The average Bonchev–Trinajstić information content (AvgIpc) is 3.33. The molecule has 2 aromatic heterocycles. The molecule has 6 nitrogen and oxygen atoms in total. The summed E-state index contributed by atoms with van der Waals surface area (Å²) in [6.07, 6.45) is 3.80. The van der Waals surface area contributed by atoms with Gasteiger partial charge in [-0.15, -0.1) is 11.3 Å². The van der Waals surface area contributed by atoms with Crippen LogP contribution in [0.15, 0.2) is 71.8 Å². The van der Waals surface area contributed by atoms with Gasteiger partial charge >= 0.3 is 5.97 Å². The molecule has 0 bridgehead atoms. The van der Waals surface area contributed by atoms with Crippen molar-refractivity contribution >= 4 is 40.0 Å². The molecule has 0 spiro atoms. The summed E-state index contributed by atoms with van der Waals surface area (Å²) in [5, 5.41) is 14.0. The van der Waals surface area contributed by atoms with Crippen molar-refractivity contribution in [2.24, 2.45) is 0 Å². The molecule has 2 heterocycles. The lowest BCUT2D eigenvalue weighted by molar-refractivity contribution is -0.113. The highest BCUT2D eigenvalue weighted by molar-refractivity contribution is 8.00. The largest absolute Gasteiger partial charge is 0.465 e. The highest BCUT2D eigenvalue weighted by Gasteiger charge is 2.27. The van der Waals surface area contributed by atoms with E-state index in [1.54, 1.807) is 0 Å². The number of pyridine rings is 1. The second-order valence-corrected chi connectivity index (χ2v) is 10.9. The van der Waals surface area contributed by atoms with Crippen molar-refractivity contribution in [2.75, 3.05) is 18.2 Å². The minimum Gasteiger partial charge on any atom is -0.465 e. The topological polar surface area (TPSA) is 92.1 Å². The Morgan fingerprint density at radius 3 is 2.42 bits per heavy atom. The summed E-state index contributed by atoms with van der Waals surface area (Å²) in [4.78, 5) is 31.5. The molecule has 0 aliphatic heterocycles. The fraction of sp³-hybridized carbons (Fsp3) is 0.200. The number of fused-ring (bicyclic) bond motifs is 1. The van der Waals surface area contributed by atoms with E-state index in [0.717, 1.165) is 58.5 Å². The lowest BCUT2D eigenvalue weighted by atomic mass is 9.95. The third kappa shape index (κ3) is 5.35. The number of thioether (sulfide) groups is 1. The van der Waals surface area contributed by atoms with Crippen LogP contribution >= 0.6 is 23.1 Å². The lowest BCUT2D eigenvalue weighted by Gasteiger charge is -2.13. The van der Waals surface area contributed by atoms with Gasteiger partial charge < -0.3 is 10.1 Å². The zero-order valence-corrected chi connectivity index (χ0v) is 22.5. The third-order valence-electron chi connectivity index (χ3n) is 6.41. The number of anilines is 1. The summed E-state index contributed by atoms with van der Waals surface area (Å²) in [6.45, 7) is 0. The number of benzene rings is 2. The quantitative estimate of drug-likeness (QED) is 0.206. The maximum Gasteiger partial charge on any atom is 0.341 e. The Morgan fingerprint density at radius 1 is 1.05 bits per heavy atom. The summed E-state index contributed by atoms with van der Waals surface area (Å²) < 4.78 is 5.02. The number of hydrogen-bond donors (Lipinski definition) is 1. The van der Waals surface area contributed by atoms with Crippen molar-refractivity contribution in [3.63, 3.8) is 0 Å². The van der Waals surface area contributed by atoms with Gasteiger partial charge in [0.05, 0.1) is 29.7 Å². The summed E-state index contributed by atoms with van der Waals surface area (Å²) in [7, 11) is 1.36. The average molecular weight is 540 g/mol. The van der Waals surface area contributed by atoms with E-state index in [9.17, 15) is 14.9 Å². The number of carbonyl (C=O) groups excluding carboxylic acids is 2. The van der Waals surface area contributed by atoms with E-state index in [1.807, 2.05) is 66.7 Å². The molecule has 2 aromatic carbocycles. The molecule has 0 unspecified atom stereocenters. The van der Waals surface area contributed by atoms with Crippen LogP contribution in [0, 0.1) is 11.3 Å². The van der Waals surface area contributed by atoms with Gasteiger partial charge in [-0.2, -0.15) is 5.26 Å². The van der Waals surface area contributed by atoms with Gasteiger partial charge in [0.25, 0.3) is 0 Å². The summed E-state index contributed by atoms with van der Waals surface area (Å²) in [5.74, 6) is -0.656. The van der Waals surface area contributed by atoms with Crippen LogP contribution in [0.5, 0.6) is 0 Å². The Kier molecular flexibility index (Phi) is 7.87. The fourth-order valence-electron chi connectivity index (χ4n) is 4.60. The van der Waals surface area contributed by atoms with Crippen LogP contribution < -0.4 is 5.32 Å². The van der Waals surface area contributed by atoms with Crippen molar-refractivity contribution in [1.29, 1.82) is 5.26 Å². The Hall–Kier alpha value is -3.93. The van der Waals surface area contributed by atoms with E-state index in [4.69, 9.17) is 9.72 Å². The smallest absolute Gasteiger partial charge is 0.341 e. The highest BCUT2D eigenvalue weighted by atomic mass is 32.2. The van der Waals surface area contributed by atoms with Gasteiger partial charge in [0.1, 0.15) is 16.1 Å². The number of nitriles is 1. The van der Waals surface area contributed by atoms with Crippen molar-refractivity contribution in [3.05, 3.63) is 88.3 Å². The zero-order valence-electron chi connectivity index (χ0n) is 20.8. The second-order valence-electron chi connectivity index (χ2n) is 8.82. The van der Waals surface area contributed by atoms with Gasteiger partial charge in [0, 0.05) is 16.0 Å². The predicted molar refractivity (Wildman–Crippen MR) is 151 cm³/mol. The van der Waals surface area contributed by atoms with Crippen LogP contribution in [-0.2, 0) is 22.4 Å². The monoisotopic (exact) mass is 539 g/mol. The number of methoxy groups -OCH3 is 1. The van der Waals surface area contributed by atoms with E-state index < -0.39 is 5.97 Å². The summed E-state index contributed by atoms with van der Waals surface area (Å²) in [6, 6.07) is 23.7. The van der Waals surface area contributed by atoms with Gasteiger partial charge in [0.2, 0.25) is 5.91 Å². The molecule has 190 valence electrons. The first-order valence-electron chi connectivity index (χ1n) is 12.3. The highest BCUT2D eigenvalue weighted by Crippen LogP contribution is 2.39. The number of carbonyl (C=O) groups is 2. The molecule has 1 N–H and O–H groups in total. The molecular formula is C30H25N3O3S2. The number of thiophene rings is 1. The number of amides is 1. The minimum absolute atomic E-state index is 0.0390. The van der Waals surface area contributed by atoms with Gasteiger partial charge in [-0.1, -0.05) is 72.4 Å². The molecule has 4 aromatic rings. The van der Waals surface area contributed by atoms with Crippen LogP contribution in [0.3, 0.4) is 0 Å². The normalized spacial score (nSPS) is 12.3.